The summed E-state index contributed by atoms with van der Waals surface area (Å²) in [6.07, 6.45) is 0. The van der Waals surface area contributed by atoms with Crippen LogP contribution in [0.25, 0.3) is 10.9 Å². The largest absolute Gasteiger partial charge is 0.476 e. The number of nitro groups is 1. The normalized spacial score (nSPS) is 10.9. The van der Waals surface area contributed by atoms with Crippen LogP contribution in [-0.4, -0.2) is 42.1 Å². The van der Waals surface area contributed by atoms with Gasteiger partial charge in [0.1, 0.15) is 6.61 Å². The predicted molar refractivity (Wildman–Crippen MR) is 72.4 cm³/mol. The van der Waals surface area contributed by atoms with E-state index in [-0.39, 0.29) is 5.69 Å². The summed E-state index contributed by atoms with van der Waals surface area (Å²) in [4.78, 5) is 16.6. The van der Waals surface area contributed by atoms with Crippen LogP contribution in [-0.2, 0) is 0 Å². The molecule has 6 heteroatoms. The van der Waals surface area contributed by atoms with Crippen LogP contribution in [0.3, 0.4) is 0 Å². The molecule has 1 aromatic heterocycles. The molecule has 6 nitrogen and oxygen atoms in total. The topological polar surface area (TPSA) is 68.5 Å². The zero-order valence-corrected chi connectivity index (χ0v) is 10.9. The molecular weight excluding hydrogens is 246 g/mol. The van der Waals surface area contributed by atoms with E-state index in [0.29, 0.717) is 18.0 Å². The van der Waals surface area contributed by atoms with Gasteiger partial charge in [0, 0.05) is 30.1 Å². The number of nitrogens with zero attached hydrogens (tertiary/aromatic N) is 3. The molecule has 0 spiro atoms. The van der Waals surface area contributed by atoms with Crippen molar-refractivity contribution in [3.63, 3.8) is 0 Å². The predicted octanol–water partition coefficient (Wildman–Crippen LogP) is 2.08. The molecular formula is C13H15N3O3. The van der Waals surface area contributed by atoms with Gasteiger partial charge in [-0.25, -0.2) is 4.98 Å². The highest BCUT2D eigenvalue weighted by Gasteiger charge is 2.07. The number of aromatic nitrogens is 1. The van der Waals surface area contributed by atoms with Crippen LogP contribution >= 0.6 is 0 Å². The van der Waals surface area contributed by atoms with Gasteiger partial charge in [0.2, 0.25) is 5.88 Å². The van der Waals surface area contributed by atoms with Crippen LogP contribution in [0.2, 0.25) is 0 Å². The molecule has 0 bridgehead atoms. The molecule has 1 aromatic carbocycles. The summed E-state index contributed by atoms with van der Waals surface area (Å²) in [5.41, 5.74) is 0.753. The number of pyridine rings is 1. The molecule has 0 N–H and O–H groups in total. The standard InChI is InChI=1S/C13H15N3O3/c1-15(2)7-8-19-13-6-3-10-9-11(16(17)18)4-5-12(10)14-13/h3-6,9H,7-8H2,1-2H3. The van der Waals surface area contributed by atoms with Gasteiger partial charge in [-0.3, -0.25) is 10.1 Å². The van der Waals surface area contributed by atoms with E-state index in [0.717, 1.165) is 11.9 Å². The average Bonchev–Trinajstić information content (AvgIpc) is 2.37. The van der Waals surface area contributed by atoms with Gasteiger partial charge in [0.25, 0.3) is 5.69 Å². The minimum absolute atomic E-state index is 0.0653. The zero-order chi connectivity index (χ0) is 13.8. The lowest BCUT2D eigenvalue weighted by Crippen LogP contribution is -2.19. The molecule has 100 valence electrons. The third kappa shape index (κ3) is 3.38. The van der Waals surface area contributed by atoms with Crippen molar-refractivity contribution in [2.24, 2.45) is 0 Å². The van der Waals surface area contributed by atoms with Gasteiger partial charge in [-0.15, -0.1) is 0 Å². The molecule has 0 radical (unpaired) electrons. The average molecular weight is 261 g/mol. The van der Waals surface area contributed by atoms with Crippen molar-refractivity contribution in [1.29, 1.82) is 0 Å². The van der Waals surface area contributed by atoms with Crippen LogP contribution in [0.4, 0.5) is 5.69 Å². The summed E-state index contributed by atoms with van der Waals surface area (Å²) in [7, 11) is 3.94. The molecule has 0 saturated heterocycles. The molecule has 0 amide bonds. The Bertz CT molecular complexity index is 599. The highest BCUT2D eigenvalue weighted by molar-refractivity contribution is 5.81. The maximum atomic E-state index is 10.7. The van der Waals surface area contributed by atoms with Crippen molar-refractivity contribution in [3.8, 4) is 5.88 Å². The number of hydrogen-bond acceptors (Lipinski definition) is 5. The van der Waals surface area contributed by atoms with Crippen LogP contribution < -0.4 is 4.74 Å². The first kappa shape index (κ1) is 13.2. The minimum atomic E-state index is -0.416. The molecule has 0 saturated carbocycles. The molecule has 0 unspecified atom stereocenters. The summed E-state index contributed by atoms with van der Waals surface area (Å²) < 4.78 is 5.52. The van der Waals surface area contributed by atoms with E-state index in [4.69, 9.17) is 4.74 Å². The molecule has 1 heterocycles. The van der Waals surface area contributed by atoms with Crippen molar-refractivity contribution in [1.82, 2.24) is 9.88 Å². The Morgan fingerprint density at radius 1 is 1.32 bits per heavy atom. The number of benzene rings is 1. The Balaban J connectivity index is 2.17. The van der Waals surface area contributed by atoms with E-state index in [1.54, 1.807) is 18.2 Å². The number of ether oxygens (including phenoxy) is 1. The maximum Gasteiger partial charge on any atom is 0.270 e. The fourth-order valence-electron chi connectivity index (χ4n) is 1.62. The molecule has 0 aliphatic rings. The minimum Gasteiger partial charge on any atom is -0.476 e. The highest BCUT2D eigenvalue weighted by Crippen LogP contribution is 2.21. The second-order valence-corrected chi connectivity index (χ2v) is 4.44. The quantitative estimate of drug-likeness (QED) is 0.609. The van der Waals surface area contributed by atoms with E-state index >= 15 is 0 Å². The highest BCUT2D eigenvalue weighted by atomic mass is 16.6. The SMILES string of the molecule is CN(C)CCOc1ccc2cc([N+](=O)[O-])ccc2n1. The fourth-order valence-corrected chi connectivity index (χ4v) is 1.62. The van der Waals surface area contributed by atoms with Gasteiger partial charge in [-0.05, 0) is 26.2 Å². The van der Waals surface area contributed by atoms with Crippen LogP contribution in [0.5, 0.6) is 5.88 Å². The van der Waals surface area contributed by atoms with E-state index in [2.05, 4.69) is 4.98 Å². The number of likely N-dealkylation sites (N-methyl/N-ethyl adjacent to an activating group) is 1. The summed E-state index contributed by atoms with van der Waals surface area (Å²) in [5, 5.41) is 11.4. The summed E-state index contributed by atoms with van der Waals surface area (Å²) >= 11 is 0. The van der Waals surface area contributed by atoms with Gasteiger partial charge < -0.3 is 9.64 Å². The Morgan fingerprint density at radius 2 is 2.11 bits per heavy atom. The number of rotatable bonds is 5. The van der Waals surface area contributed by atoms with Crippen molar-refractivity contribution >= 4 is 16.6 Å². The van der Waals surface area contributed by atoms with E-state index in [1.807, 2.05) is 19.0 Å². The Kier molecular flexibility index (Phi) is 3.91. The third-order valence-electron chi connectivity index (χ3n) is 2.65. The van der Waals surface area contributed by atoms with Gasteiger partial charge in [-0.1, -0.05) is 0 Å². The van der Waals surface area contributed by atoms with Crippen molar-refractivity contribution < 1.29 is 9.66 Å². The van der Waals surface area contributed by atoms with Gasteiger partial charge >= 0.3 is 0 Å². The van der Waals surface area contributed by atoms with Crippen LogP contribution in [0.1, 0.15) is 0 Å². The molecule has 2 aromatic rings. The van der Waals surface area contributed by atoms with E-state index in [1.165, 1.54) is 12.1 Å². The smallest absolute Gasteiger partial charge is 0.270 e. The molecule has 0 aliphatic heterocycles. The van der Waals surface area contributed by atoms with Crippen molar-refractivity contribution in [2.75, 3.05) is 27.2 Å². The molecule has 19 heavy (non-hydrogen) atoms. The first-order valence-corrected chi connectivity index (χ1v) is 5.89. The molecule has 0 fully saturated rings. The Morgan fingerprint density at radius 3 is 2.79 bits per heavy atom. The fraction of sp³-hybridized carbons (Fsp3) is 0.308. The lowest BCUT2D eigenvalue weighted by Gasteiger charge is -2.10. The lowest BCUT2D eigenvalue weighted by atomic mass is 10.2. The number of hydrogen-bond donors (Lipinski definition) is 0. The Hall–Kier alpha value is -2.21. The van der Waals surface area contributed by atoms with E-state index < -0.39 is 4.92 Å². The number of non-ortho nitro benzene ring substituents is 1. The third-order valence-corrected chi connectivity index (χ3v) is 2.65. The monoisotopic (exact) mass is 261 g/mol. The molecule has 2 rings (SSSR count). The van der Waals surface area contributed by atoms with Crippen molar-refractivity contribution in [2.45, 2.75) is 0 Å². The van der Waals surface area contributed by atoms with Crippen LogP contribution in [0, 0.1) is 10.1 Å². The summed E-state index contributed by atoms with van der Waals surface area (Å²) in [5.74, 6) is 0.531. The number of nitro benzene ring substituents is 1. The van der Waals surface area contributed by atoms with Gasteiger partial charge in [0.05, 0.1) is 10.4 Å². The van der Waals surface area contributed by atoms with Gasteiger partial charge in [0.15, 0.2) is 0 Å². The second-order valence-electron chi connectivity index (χ2n) is 4.44. The zero-order valence-electron chi connectivity index (χ0n) is 10.9. The van der Waals surface area contributed by atoms with Crippen LogP contribution in [0.15, 0.2) is 30.3 Å². The summed E-state index contributed by atoms with van der Waals surface area (Å²) in [6.45, 7) is 1.36. The molecule has 0 atom stereocenters. The second kappa shape index (κ2) is 5.62. The molecule has 0 aliphatic carbocycles. The Labute approximate surface area is 110 Å². The van der Waals surface area contributed by atoms with Crippen molar-refractivity contribution in [3.05, 3.63) is 40.4 Å². The maximum absolute atomic E-state index is 10.7. The number of fused-ring (bicyclic) bond motifs is 1. The van der Waals surface area contributed by atoms with Gasteiger partial charge in [-0.2, -0.15) is 0 Å². The van der Waals surface area contributed by atoms with E-state index in [9.17, 15) is 10.1 Å². The lowest BCUT2D eigenvalue weighted by molar-refractivity contribution is -0.384. The summed E-state index contributed by atoms with van der Waals surface area (Å²) in [6, 6.07) is 8.08. The first-order valence-electron chi connectivity index (χ1n) is 5.89. The first-order chi connectivity index (χ1) is 9.06.